The maximum Gasteiger partial charge on any atom is 0.271 e. The standard InChI is InChI=1S/C48H72N14O8S/c1-8-16-62(47(69)42(28(6)9-2)55-45(68)35-13-11-12-17-61(35)7)36(27(4)5)19-37(70-10-3)46-54-34(26-71-46)44(67)56-48-20-32(43-57-59-60-58-43)31-18-29(14-15-30(31)33(48)21-48)53-41(66)25-52-40(65)24-51-39(64)23-50-38(63)22-49/h14-15,18,26-28,32-33,35-37,42H,8-13,16-17,19-25,49H2,1-7H3,(H,50,63)(H,51,64)(H,52,65)(H,53,66)(H,55,68)(H,56,67)(H,57,58,59,60)/t28-,32+,33-,35+,36+,37+,42-,48?/m0/s1. The molecule has 1 aromatic carbocycles. The molecule has 8 atom stereocenters. The Balaban J connectivity index is 1.12. The monoisotopic (exact) mass is 1000 g/mol. The number of anilines is 1. The number of nitrogens with zero attached hydrogens (tertiary/aromatic N) is 6. The lowest BCUT2D eigenvalue weighted by Gasteiger charge is -2.40. The fourth-order valence-corrected chi connectivity index (χ4v) is 10.7. The summed E-state index contributed by atoms with van der Waals surface area (Å²) in [5, 5.41) is 33.7. The van der Waals surface area contributed by atoms with E-state index in [1.807, 2.05) is 51.8 Å². The molecule has 7 amide bonds. The summed E-state index contributed by atoms with van der Waals surface area (Å²) in [6.07, 6.45) is 5.30. The number of likely N-dealkylation sites (N-methyl/N-ethyl adjacent to an activating group) is 1. The van der Waals surface area contributed by atoms with Crippen molar-refractivity contribution in [2.24, 2.45) is 17.6 Å². The van der Waals surface area contributed by atoms with Crippen LogP contribution in [0.2, 0.25) is 0 Å². The quantitative estimate of drug-likeness (QED) is 0.0601. The molecule has 1 saturated carbocycles. The Kier molecular flexibility index (Phi) is 19.1. The number of aromatic amines is 1. The Bertz CT molecular complexity index is 2350. The van der Waals surface area contributed by atoms with Crippen molar-refractivity contribution in [3.05, 3.63) is 51.2 Å². The normalized spacial score (nSPS) is 21.1. The summed E-state index contributed by atoms with van der Waals surface area (Å²) in [6.45, 7) is 12.6. The highest BCUT2D eigenvalue weighted by molar-refractivity contribution is 7.09. The van der Waals surface area contributed by atoms with Gasteiger partial charge in [-0.05, 0) is 87.7 Å². The highest BCUT2D eigenvalue weighted by Crippen LogP contribution is 2.62. The van der Waals surface area contributed by atoms with Crippen LogP contribution in [0.15, 0.2) is 23.6 Å². The number of hydrogen-bond donors (Lipinski definition) is 8. The Hall–Kier alpha value is -5.91. The summed E-state index contributed by atoms with van der Waals surface area (Å²) in [5.41, 5.74) is 7.14. The van der Waals surface area contributed by atoms with Crippen LogP contribution in [0.1, 0.15) is 143 Å². The highest BCUT2D eigenvalue weighted by Gasteiger charge is 2.61. The summed E-state index contributed by atoms with van der Waals surface area (Å²) >= 11 is 1.35. The number of carbonyl (C=O) groups is 7. The van der Waals surface area contributed by atoms with Crippen molar-refractivity contribution in [2.75, 3.05) is 58.2 Å². The lowest BCUT2D eigenvalue weighted by atomic mass is 9.79. The molecular formula is C48H72N14O8S. The molecule has 3 heterocycles. The van der Waals surface area contributed by atoms with Crippen LogP contribution in [0.5, 0.6) is 0 Å². The number of amides is 7. The molecule has 23 heteroatoms. The molecule has 22 nitrogen and oxygen atoms in total. The van der Waals surface area contributed by atoms with Crippen LogP contribution in [-0.2, 0) is 33.5 Å². The molecule has 1 saturated heterocycles. The molecule has 71 heavy (non-hydrogen) atoms. The average Bonchev–Trinajstić information content (AvgIpc) is 3.65. The molecule has 3 aromatic rings. The van der Waals surface area contributed by atoms with Crippen molar-refractivity contribution in [1.82, 2.24) is 62.0 Å². The van der Waals surface area contributed by atoms with Crippen molar-refractivity contribution in [1.29, 1.82) is 0 Å². The van der Waals surface area contributed by atoms with E-state index < -0.39 is 53.8 Å². The second-order valence-electron chi connectivity index (χ2n) is 19.3. The van der Waals surface area contributed by atoms with E-state index in [4.69, 9.17) is 15.5 Å². The lowest BCUT2D eigenvalue weighted by molar-refractivity contribution is -0.143. The van der Waals surface area contributed by atoms with Crippen LogP contribution in [0.25, 0.3) is 0 Å². The molecule has 3 aliphatic rings. The maximum absolute atomic E-state index is 14.7. The summed E-state index contributed by atoms with van der Waals surface area (Å²) in [4.78, 5) is 99.9. The number of aromatic nitrogens is 5. The van der Waals surface area contributed by atoms with E-state index in [2.05, 4.69) is 71.3 Å². The number of nitrogens with one attached hydrogen (secondary N) is 7. The predicted octanol–water partition coefficient (Wildman–Crippen LogP) is 1.84. The van der Waals surface area contributed by atoms with Gasteiger partial charge in [-0.1, -0.05) is 58.7 Å². The number of ether oxygens (including phenoxy) is 1. The first-order valence-corrected chi connectivity index (χ1v) is 25.8. The smallest absolute Gasteiger partial charge is 0.271 e. The molecule has 0 bridgehead atoms. The second kappa shape index (κ2) is 25.0. The van der Waals surface area contributed by atoms with Gasteiger partial charge in [-0.3, -0.25) is 38.5 Å². The summed E-state index contributed by atoms with van der Waals surface area (Å²) in [7, 11) is 1.97. The van der Waals surface area contributed by atoms with Crippen LogP contribution in [0, 0.1) is 11.8 Å². The number of rotatable bonds is 25. The van der Waals surface area contributed by atoms with Gasteiger partial charge < -0.3 is 47.3 Å². The zero-order chi connectivity index (χ0) is 51.4. The van der Waals surface area contributed by atoms with Crippen LogP contribution in [0.4, 0.5) is 5.69 Å². The minimum absolute atomic E-state index is 0.0387. The van der Waals surface area contributed by atoms with Crippen LogP contribution in [0.3, 0.4) is 0 Å². The second-order valence-corrected chi connectivity index (χ2v) is 20.2. The third-order valence-electron chi connectivity index (χ3n) is 13.9. The first-order chi connectivity index (χ1) is 34.0. The van der Waals surface area contributed by atoms with Crippen molar-refractivity contribution in [3.8, 4) is 0 Å². The first kappa shape index (κ1) is 54.4. The number of H-pyrrole nitrogens is 1. The zero-order valence-corrected chi connectivity index (χ0v) is 42.8. The molecular weight excluding hydrogens is 933 g/mol. The molecule has 1 aliphatic heterocycles. The number of benzene rings is 1. The van der Waals surface area contributed by atoms with E-state index in [9.17, 15) is 33.6 Å². The fraction of sp³-hybridized carbons (Fsp3) is 0.646. The van der Waals surface area contributed by atoms with E-state index in [0.29, 0.717) is 48.9 Å². The lowest BCUT2D eigenvalue weighted by Crippen LogP contribution is -2.58. The predicted molar refractivity (Wildman–Crippen MR) is 265 cm³/mol. The zero-order valence-electron chi connectivity index (χ0n) is 42.0. The van der Waals surface area contributed by atoms with Crippen molar-refractivity contribution >= 4 is 58.4 Å². The van der Waals surface area contributed by atoms with Gasteiger partial charge >= 0.3 is 0 Å². The van der Waals surface area contributed by atoms with Gasteiger partial charge in [-0.25, -0.2) is 4.98 Å². The van der Waals surface area contributed by atoms with E-state index in [1.54, 1.807) is 11.4 Å². The van der Waals surface area contributed by atoms with E-state index in [-0.39, 0.29) is 72.9 Å². The van der Waals surface area contributed by atoms with E-state index in [0.717, 1.165) is 49.8 Å². The Morgan fingerprint density at radius 1 is 0.958 bits per heavy atom. The molecule has 6 rings (SSSR count). The summed E-state index contributed by atoms with van der Waals surface area (Å²) in [6, 6.07) is 4.32. The highest BCUT2D eigenvalue weighted by atomic mass is 32.1. The SMILES string of the molecule is CCCN(C(=O)[C@@H](NC(=O)[C@H]1CCCCN1C)[C@@H](C)CC)[C@H](C[C@@H](OCC)c1nc(C(=O)NC23C[C@@H](c4nn[nH]n4)c4cc(NC(=O)CNC(=O)CNC(=O)CNC(=O)CN)ccc4[C@@H]2C3)cs1)C(C)C. The number of likely N-dealkylation sites (tertiary alicyclic amines) is 1. The number of fused-ring (bicyclic) bond motifs is 3. The minimum atomic E-state index is -0.677. The molecule has 388 valence electrons. The van der Waals surface area contributed by atoms with Gasteiger partial charge in [0.15, 0.2) is 5.82 Å². The molecule has 9 N–H and O–H groups in total. The van der Waals surface area contributed by atoms with Gasteiger partial charge in [0.05, 0.1) is 38.1 Å². The van der Waals surface area contributed by atoms with Crippen LogP contribution in [-0.4, -0.2) is 153 Å². The third kappa shape index (κ3) is 13.7. The number of piperidine rings is 1. The fourth-order valence-electron chi connectivity index (χ4n) is 9.81. The first-order valence-electron chi connectivity index (χ1n) is 24.9. The Labute approximate surface area is 418 Å². The van der Waals surface area contributed by atoms with Crippen LogP contribution >= 0.6 is 11.3 Å². The Morgan fingerprint density at radius 2 is 1.68 bits per heavy atom. The van der Waals surface area contributed by atoms with Gasteiger partial charge in [0, 0.05) is 48.1 Å². The molecule has 2 aromatic heterocycles. The third-order valence-corrected chi connectivity index (χ3v) is 14.9. The van der Waals surface area contributed by atoms with Gasteiger partial charge in [0.25, 0.3) is 5.91 Å². The van der Waals surface area contributed by atoms with E-state index in [1.165, 1.54) is 11.3 Å². The van der Waals surface area contributed by atoms with Gasteiger partial charge in [0.2, 0.25) is 35.4 Å². The van der Waals surface area contributed by atoms with Crippen molar-refractivity contribution in [2.45, 2.75) is 135 Å². The average molecular weight is 1010 g/mol. The maximum atomic E-state index is 14.7. The van der Waals surface area contributed by atoms with E-state index >= 15 is 0 Å². The number of carbonyl (C=O) groups excluding carboxylic acids is 7. The molecule has 0 radical (unpaired) electrons. The minimum Gasteiger partial charge on any atom is -0.371 e. The van der Waals surface area contributed by atoms with Crippen molar-refractivity contribution in [3.63, 3.8) is 0 Å². The summed E-state index contributed by atoms with van der Waals surface area (Å²) in [5.74, 6) is -2.78. The molecule has 1 unspecified atom stereocenters. The number of tetrazole rings is 1. The molecule has 2 aliphatic carbocycles. The molecule has 0 spiro atoms. The number of nitrogens with two attached hydrogens (primary N) is 1. The topological polar surface area (TPSA) is 301 Å². The summed E-state index contributed by atoms with van der Waals surface area (Å²) < 4.78 is 6.37. The molecule has 2 fully saturated rings. The van der Waals surface area contributed by atoms with Gasteiger partial charge in [-0.2, -0.15) is 5.21 Å². The van der Waals surface area contributed by atoms with Gasteiger partial charge in [0.1, 0.15) is 22.8 Å². The van der Waals surface area contributed by atoms with Crippen LogP contribution < -0.4 is 37.6 Å². The number of thiazole rings is 1. The number of hydrogen-bond acceptors (Lipinski definition) is 15. The van der Waals surface area contributed by atoms with Gasteiger partial charge in [-0.15, -0.1) is 21.5 Å². The Morgan fingerprint density at radius 3 is 2.31 bits per heavy atom. The largest absolute Gasteiger partial charge is 0.371 e. The van der Waals surface area contributed by atoms with Crippen molar-refractivity contribution < 1.29 is 38.3 Å².